The number of ether oxygens (including phenoxy) is 1. The first-order valence-corrected chi connectivity index (χ1v) is 9.26. The summed E-state index contributed by atoms with van der Waals surface area (Å²) in [5.74, 6) is 0. The van der Waals surface area contributed by atoms with Gasteiger partial charge in [0.15, 0.2) is 5.11 Å². The van der Waals surface area contributed by atoms with Gasteiger partial charge < -0.3 is 15.0 Å². The molecule has 2 aromatic rings. The Bertz CT molecular complexity index is 619. The summed E-state index contributed by atoms with van der Waals surface area (Å²) >= 11 is 7.43. The molecule has 0 unspecified atom stereocenters. The Kier molecular flexibility index (Phi) is 5.65. The zero-order chi connectivity index (χ0) is 16.1. The van der Waals surface area contributed by atoms with E-state index in [-0.39, 0.29) is 6.10 Å². The predicted octanol–water partition coefficient (Wildman–Crippen LogP) is 4.43. The molecule has 1 aliphatic heterocycles. The van der Waals surface area contributed by atoms with Gasteiger partial charge in [0.05, 0.1) is 12.6 Å². The maximum absolute atomic E-state index is 5.79. The van der Waals surface area contributed by atoms with Crippen molar-refractivity contribution in [2.75, 3.05) is 18.5 Å². The van der Waals surface area contributed by atoms with Gasteiger partial charge in [0.25, 0.3) is 0 Å². The molecule has 1 N–H and O–H groups in total. The fraction of sp³-hybridized carbons (Fsp3) is 0.389. The van der Waals surface area contributed by atoms with Crippen LogP contribution < -0.4 is 5.32 Å². The van der Waals surface area contributed by atoms with Crippen LogP contribution in [0.15, 0.2) is 41.8 Å². The lowest BCUT2D eigenvalue weighted by Gasteiger charge is -2.28. The molecule has 1 atom stereocenters. The number of hydrogen-bond acceptors (Lipinski definition) is 3. The van der Waals surface area contributed by atoms with Crippen molar-refractivity contribution in [2.45, 2.75) is 32.4 Å². The molecule has 1 aliphatic rings. The Hall–Kier alpha value is -1.43. The smallest absolute Gasteiger partial charge is 0.173 e. The highest BCUT2D eigenvalue weighted by atomic mass is 32.1. The van der Waals surface area contributed by atoms with Gasteiger partial charge in [0.2, 0.25) is 0 Å². The van der Waals surface area contributed by atoms with Crippen molar-refractivity contribution in [3.63, 3.8) is 0 Å². The quantitative estimate of drug-likeness (QED) is 0.809. The summed E-state index contributed by atoms with van der Waals surface area (Å²) < 4.78 is 5.79. The highest BCUT2D eigenvalue weighted by molar-refractivity contribution is 7.80. The predicted molar refractivity (Wildman–Crippen MR) is 101 cm³/mol. The Morgan fingerprint density at radius 3 is 2.83 bits per heavy atom. The lowest BCUT2D eigenvalue weighted by molar-refractivity contribution is 0.0907. The Morgan fingerprint density at radius 2 is 2.17 bits per heavy atom. The van der Waals surface area contributed by atoms with Gasteiger partial charge in [-0.3, -0.25) is 0 Å². The second-order valence-corrected chi connectivity index (χ2v) is 7.31. The van der Waals surface area contributed by atoms with E-state index in [9.17, 15) is 0 Å². The molecule has 0 aliphatic carbocycles. The third-order valence-corrected chi connectivity index (χ3v) is 5.19. The van der Waals surface area contributed by atoms with E-state index in [2.05, 4.69) is 58.9 Å². The van der Waals surface area contributed by atoms with Crippen molar-refractivity contribution in [2.24, 2.45) is 0 Å². The highest BCUT2D eigenvalue weighted by Gasteiger charge is 2.21. The molecule has 122 valence electrons. The molecule has 1 aromatic carbocycles. The third-order valence-electron chi connectivity index (χ3n) is 3.96. The van der Waals surface area contributed by atoms with E-state index in [0.717, 1.165) is 43.3 Å². The molecule has 1 saturated heterocycles. The molecule has 0 radical (unpaired) electrons. The number of thiocarbonyl (C=S) groups is 1. The van der Waals surface area contributed by atoms with Crippen LogP contribution in [-0.4, -0.2) is 29.3 Å². The number of hydrogen-bond donors (Lipinski definition) is 1. The van der Waals surface area contributed by atoms with Crippen LogP contribution in [0, 0.1) is 6.92 Å². The lowest BCUT2D eigenvalue weighted by Crippen LogP contribution is -2.39. The zero-order valence-electron chi connectivity index (χ0n) is 13.3. The molecule has 0 bridgehead atoms. The standard InChI is InChI=1S/C18H22N2OS2/c1-14-6-8-15(9-7-14)19-18(22)20(12-16-4-2-10-21-16)13-17-5-3-11-23-17/h3,5-9,11,16H,2,4,10,12-13H2,1H3,(H,19,22)/t16-/m0/s1. The van der Waals surface area contributed by atoms with Crippen molar-refractivity contribution in [1.82, 2.24) is 4.90 Å². The summed E-state index contributed by atoms with van der Waals surface area (Å²) in [7, 11) is 0. The molecule has 0 spiro atoms. The molecule has 0 amide bonds. The zero-order valence-corrected chi connectivity index (χ0v) is 15.0. The van der Waals surface area contributed by atoms with E-state index in [1.807, 2.05) is 0 Å². The van der Waals surface area contributed by atoms with Crippen molar-refractivity contribution >= 4 is 34.4 Å². The molecule has 2 heterocycles. The molecule has 3 rings (SSSR count). The van der Waals surface area contributed by atoms with E-state index < -0.39 is 0 Å². The van der Waals surface area contributed by atoms with Crippen LogP contribution in [0.3, 0.4) is 0 Å². The summed E-state index contributed by atoms with van der Waals surface area (Å²) in [5.41, 5.74) is 2.28. The van der Waals surface area contributed by atoms with Gasteiger partial charge in [-0.05, 0) is 55.6 Å². The highest BCUT2D eigenvalue weighted by Crippen LogP contribution is 2.19. The fourth-order valence-corrected chi connectivity index (χ4v) is 3.66. The second-order valence-electron chi connectivity index (χ2n) is 5.89. The van der Waals surface area contributed by atoms with E-state index in [1.165, 1.54) is 10.4 Å². The average molecular weight is 347 g/mol. The maximum atomic E-state index is 5.79. The summed E-state index contributed by atoms with van der Waals surface area (Å²) in [4.78, 5) is 3.54. The minimum Gasteiger partial charge on any atom is -0.376 e. The summed E-state index contributed by atoms with van der Waals surface area (Å²) in [6.45, 7) is 4.63. The van der Waals surface area contributed by atoms with E-state index >= 15 is 0 Å². The summed E-state index contributed by atoms with van der Waals surface area (Å²) in [6.07, 6.45) is 2.55. The molecule has 1 fully saturated rings. The van der Waals surface area contributed by atoms with Gasteiger partial charge in [0, 0.05) is 23.7 Å². The van der Waals surface area contributed by atoms with E-state index in [4.69, 9.17) is 17.0 Å². The number of thiophene rings is 1. The Labute approximate surface area is 147 Å². The first kappa shape index (κ1) is 16.4. The number of rotatable bonds is 5. The first-order chi connectivity index (χ1) is 11.2. The molecular weight excluding hydrogens is 324 g/mol. The van der Waals surface area contributed by atoms with Crippen LogP contribution in [0.2, 0.25) is 0 Å². The lowest BCUT2D eigenvalue weighted by atomic mass is 10.2. The number of nitrogens with one attached hydrogen (secondary N) is 1. The van der Waals surface area contributed by atoms with Gasteiger partial charge in [-0.15, -0.1) is 11.3 Å². The first-order valence-electron chi connectivity index (χ1n) is 7.97. The minimum absolute atomic E-state index is 0.285. The number of aryl methyl sites for hydroxylation is 1. The van der Waals surface area contributed by atoms with Crippen LogP contribution in [0.25, 0.3) is 0 Å². The van der Waals surface area contributed by atoms with Crippen LogP contribution in [0.1, 0.15) is 23.3 Å². The molecule has 5 heteroatoms. The van der Waals surface area contributed by atoms with E-state index in [0.29, 0.717) is 0 Å². The number of benzene rings is 1. The van der Waals surface area contributed by atoms with Gasteiger partial charge in [0.1, 0.15) is 0 Å². The minimum atomic E-state index is 0.285. The molecule has 3 nitrogen and oxygen atoms in total. The SMILES string of the molecule is Cc1ccc(NC(=S)N(Cc2cccs2)C[C@@H]2CCCO2)cc1. The van der Waals surface area contributed by atoms with Crippen LogP contribution in [-0.2, 0) is 11.3 Å². The monoisotopic (exact) mass is 346 g/mol. The Morgan fingerprint density at radius 1 is 1.35 bits per heavy atom. The molecule has 0 saturated carbocycles. The second kappa shape index (κ2) is 7.90. The Balaban J connectivity index is 1.67. The maximum Gasteiger partial charge on any atom is 0.173 e. The van der Waals surface area contributed by atoms with Gasteiger partial charge in [-0.1, -0.05) is 23.8 Å². The average Bonchev–Trinajstić information content (AvgIpc) is 3.22. The van der Waals surface area contributed by atoms with Gasteiger partial charge >= 0.3 is 0 Å². The van der Waals surface area contributed by atoms with Crippen LogP contribution >= 0.6 is 23.6 Å². The van der Waals surface area contributed by atoms with Gasteiger partial charge in [-0.25, -0.2) is 0 Å². The van der Waals surface area contributed by atoms with E-state index in [1.54, 1.807) is 11.3 Å². The number of nitrogens with zero attached hydrogens (tertiary/aromatic N) is 1. The molecule has 1 aromatic heterocycles. The van der Waals surface area contributed by atoms with Crippen molar-refractivity contribution in [3.8, 4) is 0 Å². The number of anilines is 1. The van der Waals surface area contributed by atoms with Crippen molar-refractivity contribution < 1.29 is 4.74 Å². The molecule has 23 heavy (non-hydrogen) atoms. The molecular formula is C18H22N2OS2. The normalized spacial score (nSPS) is 17.2. The largest absolute Gasteiger partial charge is 0.376 e. The fourth-order valence-electron chi connectivity index (χ4n) is 2.68. The third kappa shape index (κ3) is 4.77. The topological polar surface area (TPSA) is 24.5 Å². The summed E-state index contributed by atoms with van der Waals surface area (Å²) in [6, 6.07) is 12.6. The van der Waals surface area contributed by atoms with Crippen LogP contribution in [0.5, 0.6) is 0 Å². The van der Waals surface area contributed by atoms with Crippen LogP contribution in [0.4, 0.5) is 5.69 Å². The van der Waals surface area contributed by atoms with Crippen molar-refractivity contribution in [1.29, 1.82) is 0 Å². The van der Waals surface area contributed by atoms with Gasteiger partial charge in [-0.2, -0.15) is 0 Å². The van der Waals surface area contributed by atoms with Crippen molar-refractivity contribution in [3.05, 3.63) is 52.2 Å². The summed E-state index contributed by atoms with van der Waals surface area (Å²) in [5, 5.41) is 6.23.